The molecule has 1 aliphatic carbocycles. The molecule has 3 atom stereocenters. The van der Waals surface area contributed by atoms with Gasteiger partial charge >= 0.3 is 0 Å². The van der Waals surface area contributed by atoms with E-state index in [1.54, 1.807) is 9.36 Å². The van der Waals surface area contributed by atoms with Crippen molar-refractivity contribution in [2.24, 2.45) is 5.92 Å². The molecule has 2 N–H and O–H groups in total. The van der Waals surface area contributed by atoms with Gasteiger partial charge in [0.25, 0.3) is 0 Å². The number of hydrogen-bond acceptors (Lipinski definition) is 4. The van der Waals surface area contributed by atoms with Crippen LogP contribution in [0.4, 0.5) is 0 Å². The highest BCUT2D eigenvalue weighted by Crippen LogP contribution is 2.27. The molecule has 1 aliphatic rings. The number of aromatic nitrogens is 4. The maximum Gasteiger partial charge on any atom is 0.244 e. The molecule has 2 amide bonds. The molecular weight excluding hydrogens is 404 g/mol. The van der Waals surface area contributed by atoms with Crippen LogP contribution in [0, 0.1) is 33.6 Å². The Labute approximate surface area is 191 Å². The van der Waals surface area contributed by atoms with Crippen LogP contribution in [0.3, 0.4) is 0 Å². The predicted molar refractivity (Wildman–Crippen MR) is 124 cm³/mol. The molecular formula is C24H38N6O2. The molecule has 0 aromatic carbocycles. The molecule has 8 heteroatoms. The number of nitrogens with one attached hydrogen (secondary N) is 2. The topological polar surface area (TPSA) is 93.8 Å². The summed E-state index contributed by atoms with van der Waals surface area (Å²) in [7, 11) is 0. The lowest BCUT2D eigenvalue weighted by Gasteiger charge is -2.32. The fourth-order valence-corrected chi connectivity index (χ4v) is 4.83. The summed E-state index contributed by atoms with van der Waals surface area (Å²) in [5.41, 5.74) is 3.72. The van der Waals surface area contributed by atoms with Crippen molar-refractivity contribution in [3.8, 4) is 0 Å². The van der Waals surface area contributed by atoms with Crippen molar-refractivity contribution < 1.29 is 9.59 Å². The van der Waals surface area contributed by atoms with Crippen molar-refractivity contribution in [3.63, 3.8) is 0 Å². The second kappa shape index (κ2) is 10.3. The van der Waals surface area contributed by atoms with E-state index >= 15 is 0 Å². The van der Waals surface area contributed by atoms with Crippen molar-refractivity contribution in [1.29, 1.82) is 0 Å². The van der Waals surface area contributed by atoms with Crippen LogP contribution in [-0.2, 0) is 9.59 Å². The second-order valence-electron chi connectivity index (χ2n) is 9.35. The van der Waals surface area contributed by atoms with Gasteiger partial charge in [0, 0.05) is 24.0 Å². The Balaban J connectivity index is 1.67. The van der Waals surface area contributed by atoms with Gasteiger partial charge in [0.1, 0.15) is 12.1 Å². The van der Waals surface area contributed by atoms with Gasteiger partial charge in [0.15, 0.2) is 0 Å². The predicted octanol–water partition coefficient (Wildman–Crippen LogP) is 3.32. The van der Waals surface area contributed by atoms with Crippen molar-refractivity contribution in [2.75, 3.05) is 6.54 Å². The Bertz CT molecular complexity index is 940. The first-order valence-corrected chi connectivity index (χ1v) is 11.8. The van der Waals surface area contributed by atoms with Gasteiger partial charge in [-0.3, -0.25) is 19.0 Å². The Hall–Kier alpha value is -2.64. The lowest BCUT2D eigenvalue weighted by Crippen LogP contribution is -2.50. The fourth-order valence-electron chi connectivity index (χ4n) is 4.83. The Morgan fingerprint density at radius 1 is 0.906 bits per heavy atom. The van der Waals surface area contributed by atoms with E-state index in [1.807, 2.05) is 53.7 Å². The van der Waals surface area contributed by atoms with Gasteiger partial charge in [0.05, 0.1) is 11.4 Å². The van der Waals surface area contributed by atoms with Crippen LogP contribution in [0.5, 0.6) is 0 Å². The molecule has 2 heterocycles. The molecule has 1 fully saturated rings. The summed E-state index contributed by atoms with van der Waals surface area (Å²) in [5.74, 6) is 0.218. The zero-order chi connectivity index (χ0) is 23.4. The molecule has 0 saturated heterocycles. The monoisotopic (exact) mass is 442 g/mol. The number of carbonyl (C=O) groups is 2. The minimum atomic E-state index is -0.404. The van der Waals surface area contributed by atoms with E-state index in [0.29, 0.717) is 12.5 Å². The van der Waals surface area contributed by atoms with Gasteiger partial charge in [-0.2, -0.15) is 10.2 Å². The first-order valence-electron chi connectivity index (χ1n) is 11.8. The third kappa shape index (κ3) is 5.58. The van der Waals surface area contributed by atoms with Crippen LogP contribution in [0.15, 0.2) is 12.1 Å². The maximum absolute atomic E-state index is 13.1. The van der Waals surface area contributed by atoms with Crippen molar-refractivity contribution in [3.05, 3.63) is 34.9 Å². The summed E-state index contributed by atoms with van der Waals surface area (Å²) >= 11 is 0. The highest BCUT2D eigenvalue weighted by atomic mass is 16.2. The molecule has 0 aliphatic heterocycles. The van der Waals surface area contributed by atoms with E-state index < -0.39 is 12.1 Å². The summed E-state index contributed by atoms with van der Waals surface area (Å²) in [6.45, 7) is 11.9. The van der Waals surface area contributed by atoms with Crippen molar-refractivity contribution >= 4 is 11.8 Å². The van der Waals surface area contributed by atoms with Crippen LogP contribution in [-0.4, -0.2) is 44.0 Å². The normalized spacial score (nSPS) is 17.6. The molecule has 32 heavy (non-hydrogen) atoms. The fraction of sp³-hybridized carbons (Fsp3) is 0.667. The zero-order valence-corrected chi connectivity index (χ0v) is 20.3. The molecule has 2 aromatic rings. The molecule has 0 bridgehead atoms. The average Bonchev–Trinajstić information content (AvgIpc) is 3.29. The molecule has 0 radical (unpaired) electrons. The zero-order valence-electron chi connectivity index (χ0n) is 20.3. The highest BCUT2D eigenvalue weighted by Gasteiger charge is 2.29. The lowest BCUT2D eigenvalue weighted by molar-refractivity contribution is -0.127. The van der Waals surface area contributed by atoms with E-state index in [9.17, 15) is 9.59 Å². The quantitative estimate of drug-likeness (QED) is 0.656. The Morgan fingerprint density at radius 2 is 1.41 bits per heavy atom. The molecule has 0 spiro atoms. The van der Waals surface area contributed by atoms with Gasteiger partial charge in [-0.15, -0.1) is 0 Å². The minimum Gasteiger partial charge on any atom is -0.352 e. The molecule has 3 unspecified atom stereocenters. The third-order valence-electron chi connectivity index (χ3n) is 6.62. The molecule has 1 saturated carbocycles. The smallest absolute Gasteiger partial charge is 0.244 e. The third-order valence-corrected chi connectivity index (χ3v) is 6.62. The first-order chi connectivity index (χ1) is 15.2. The van der Waals surface area contributed by atoms with Gasteiger partial charge in [-0.05, 0) is 72.4 Å². The first kappa shape index (κ1) is 24.0. The summed E-state index contributed by atoms with van der Waals surface area (Å²) in [4.78, 5) is 26.0. The number of amides is 2. The lowest BCUT2D eigenvalue weighted by atomic mass is 9.83. The van der Waals surface area contributed by atoms with Crippen LogP contribution >= 0.6 is 0 Å². The number of rotatable bonds is 8. The number of aryl methyl sites for hydroxylation is 4. The van der Waals surface area contributed by atoms with Crippen LogP contribution in [0.25, 0.3) is 0 Å². The van der Waals surface area contributed by atoms with Gasteiger partial charge < -0.3 is 10.6 Å². The van der Waals surface area contributed by atoms with Gasteiger partial charge in [-0.1, -0.05) is 19.3 Å². The summed E-state index contributed by atoms with van der Waals surface area (Å²) < 4.78 is 3.52. The van der Waals surface area contributed by atoms with Crippen LogP contribution in [0.1, 0.15) is 80.8 Å². The summed E-state index contributed by atoms with van der Waals surface area (Å²) in [6.07, 6.45) is 5.71. The van der Waals surface area contributed by atoms with Crippen molar-refractivity contribution in [1.82, 2.24) is 30.2 Å². The molecule has 3 rings (SSSR count). The van der Waals surface area contributed by atoms with E-state index in [2.05, 4.69) is 20.8 Å². The Morgan fingerprint density at radius 3 is 1.88 bits per heavy atom. The summed E-state index contributed by atoms with van der Waals surface area (Å²) in [5, 5.41) is 15.2. The molecule has 8 nitrogen and oxygen atoms in total. The van der Waals surface area contributed by atoms with Gasteiger partial charge in [0.2, 0.25) is 11.8 Å². The number of hydrogen-bond donors (Lipinski definition) is 2. The maximum atomic E-state index is 13.1. The largest absolute Gasteiger partial charge is 0.352 e. The van der Waals surface area contributed by atoms with E-state index in [0.717, 1.165) is 35.6 Å². The van der Waals surface area contributed by atoms with Crippen LogP contribution in [0.2, 0.25) is 0 Å². The van der Waals surface area contributed by atoms with Gasteiger partial charge in [-0.25, -0.2) is 0 Å². The van der Waals surface area contributed by atoms with Crippen molar-refractivity contribution in [2.45, 2.75) is 91.8 Å². The number of carbonyl (C=O) groups excluding carboxylic acids is 2. The SMILES string of the molecule is Cc1cc(C)n(C(C)C(=O)NCC(NC(=O)C(C)n2nc(C)cc2C)C2CCCCC2)n1. The molecule has 176 valence electrons. The standard InChI is InChI=1S/C24H38N6O2/c1-15-12-17(3)29(27-15)19(5)23(31)25-14-22(21-10-8-7-9-11-21)26-24(32)20(6)30-18(4)13-16(2)28-30/h12-13,19-22H,7-11,14H2,1-6H3,(H,25,31)(H,26,32). The number of nitrogens with zero attached hydrogens (tertiary/aromatic N) is 4. The molecule has 2 aromatic heterocycles. The summed E-state index contributed by atoms with van der Waals surface area (Å²) in [6, 6.07) is 3.04. The minimum absolute atomic E-state index is 0.0624. The van der Waals surface area contributed by atoms with E-state index in [1.165, 1.54) is 19.3 Å². The highest BCUT2D eigenvalue weighted by molar-refractivity contribution is 5.81. The second-order valence-corrected chi connectivity index (χ2v) is 9.35. The van der Waals surface area contributed by atoms with E-state index in [-0.39, 0.29) is 17.9 Å². The van der Waals surface area contributed by atoms with E-state index in [4.69, 9.17) is 0 Å². The van der Waals surface area contributed by atoms with Crippen LogP contribution < -0.4 is 10.6 Å². The average molecular weight is 443 g/mol. The Kier molecular flexibility index (Phi) is 7.74.